The third-order valence-corrected chi connectivity index (χ3v) is 9.45. The molecule has 2 aromatic carbocycles. The summed E-state index contributed by atoms with van der Waals surface area (Å²) in [6, 6.07) is 7.03. The van der Waals surface area contributed by atoms with Gasteiger partial charge >= 0.3 is 5.69 Å². The molecule has 0 amide bonds. The molecule has 244 valence electrons. The average Bonchev–Trinajstić information content (AvgIpc) is 3.78. The van der Waals surface area contributed by atoms with Gasteiger partial charge in [0.05, 0.1) is 22.2 Å². The van der Waals surface area contributed by atoms with Gasteiger partial charge in [0, 0.05) is 47.4 Å². The number of fused-ring (bicyclic) bond motifs is 1. The van der Waals surface area contributed by atoms with E-state index in [1.807, 2.05) is 0 Å². The van der Waals surface area contributed by atoms with Gasteiger partial charge in [-0.05, 0) is 100 Å². The van der Waals surface area contributed by atoms with Crippen LogP contribution in [0.25, 0.3) is 28.0 Å². The van der Waals surface area contributed by atoms with Crippen LogP contribution in [-0.2, 0) is 6.42 Å². The molecule has 12 heteroatoms. The van der Waals surface area contributed by atoms with Gasteiger partial charge in [0.1, 0.15) is 17.3 Å². The number of halogens is 4. The summed E-state index contributed by atoms with van der Waals surface area (Å²) >= 11 is 6.27. The highest BCUT2D eigenvalue weighted by Gasteiger charge is 2.29. The Kier molecular flexibility index (Phi) is 9.54. The number of amidine groups is 1. The summed E-state index contributed by atoms with van der Waals surface area (Å²) in [4.78, 5) is 20.1. The van der Waals surface area contributed by atoms with Crippen LogP contribution in [0.3, 0.4) is 0 Å². The highest BCUT2D eigenvalue weighted by molar-refractivity contribution is 6.31. The summed E-state index contributed by atoms with van der Waals surface area (Å²) in [5.74, 6) is -1.12. The van der Waals surface area contributed by atoms with Crippen molar-refractivity contribution in [1.29, 1.82) is 5.41 Å². The molecule has 8 nitrogen and oxygen atoms in total. The van der Waals surface area contributed by atoms with Gasteiger partial charge in [0.2, 0.25) is 0 Å². The molecular formula is C34H39ClF3N7O. The van der Waals surface area contributed by atoms with Crippen molar-refractivity contribution in [3.8, 4) is 16.9 Å². The minimum Gasteiger partial charge on any atom is -0.374 e. The van der Waals surface area contributed by atoms with E-state index < -0.39 is 29.2 Å². The van der Waals surface area contributed by atoms with Crippen molar-refractivity contribution in [2.75, 3.05) is 6.54 Å². The van der Waals surface area contributed by atoms with Crippen LogP contribution < -0.4 is 22.1 Å². The number of rotatable bonds is 11. The standard InChI is InChI=1S/C34H39ClF3N7O/c1-18(39)41-11-10-22-5-3-7-29(42-22)31-26(36)15-23(16-27(31)37)45-17-21-14-30(43-33(21)44-34(45)46)24-12-19(13-25(35)32(24)38)4-2-6-28(40)20-8-9-20/h12-17,20,22,28-29,42H,2-11,40H2,1H3,(H2,39,41)(H,43,44,46)/t22-,28+,29-/m0/s1. The van der Waals surface area contributed by atoms with Gasteiger partial charge in [-0.15, -0.1) is 0 Å². The van der Waals surface area contributed by atoms with E-state index in [-0.39, 0.29) is 39.6 Å². The first-order valence-corrected chi connectivity index (χ1v) is 16.4. The molecule has 4 aromatic rings. The highest BCUT2D eigenvalue weighted by atomic mass is 35.5. The molecule has 2 aromatic heterocycles. The van der Waals surface area contributed by atoms with Crippen LogP contribution in [0.1, 0.15) is 75.5 Å². The SMILES string of the molecule is CC(=N)NCC[C@@H]1CCC[C@@H](c2c(F)cc(-n3cc4cc(-c5cc(CCC[C@@H](N)C6CC6)cc(Cl)c5F)[nH]c4nc3=O)cc2F)N1. The number of hydrogen-bond donors (Lipinski definition) is 5. The van der Waals surface area contributed by atoms with Crippen molar-refractivity contribution in [2.45, 2.75) is 82.8 Å². The Morgan fingerprint density at radius 1 is 1.15 bits per heavy atom. The molecule has 3 heterocycles. The minimum atomic E-state index is -0.755. The fourth-order valence-corrected chi connectivity index (χ4v) is 6.81. The number of aromatic amines is 1. The van der Waals surface area contributed by atoms with E-state index in [2.05, 4.69) is 20.6 Å². The summed E-state index contributed by atoms with van der Waals surface area (Å²) in [6.45, 7) is 2.27. The number of nitrogens with one attached hydrogen (secondary N) is 4. The van der Waals surface area contributed by atoms with Gasteiger partial charge in [0.15, 0.2) is 5.82 Å². The molecule has 1 aliphatic carbocycles. The summed E-state index contributed by atoms with van der Waals surface area (Å²) in [5.41, 5.74) is 7.16. The molecule has 1 saturated heterocycles. The number of aromatic nitrogens is 3. The van der Waals surface area contributed by atoms with Crippen molar-refractivity contribution in [3.63, 3.8) is 0 Å². The Morgan fingerprint density at radius 2 is 1.91 bits per heavy atom. The number of H-pyrrole nitrogens is 1. The van der Waals surface area contributed by atoms with Gasteiger partial charge in [-0.1, -0.05) is 18.0 Å². The Balaban J connectivity index is 1.23. The predicted molar refractivity (Wildman–Crippen MR) is 175 cm³/mol. The van der Waals surface area contributed by atoms with E-state index in [0.29, 0.717) is 42.2 Å². The third-order valence-electron chi connectivity index (χ3n) is 9.17. The largest absolute Gasteiger partial charge is 0.374 e. The lowest BCUT2D eigenvalue weighted by molar-refractivity contribution is 0.300. The third kappa shape index (κ3) is 7.16. The van der Waals surface area contributed by atoms with Crippen LogP contribution in [0.15, 0.2) is 41.3 Å². The normalized spacial score (nSPS) is 19.0. The van der Waals surface area contributed by atoms with Crippen molar-refractivity contribution < 1.29 is 13.2 Å². The molecule has 0 spiro atoms. The topological polar surface area (TPSA) is 125 Å². The van der Waals surface area contributed by atoms with Crippen LogP contribution in [0.4, 0.5) is 13.2 Å². The molecule has 2 fully saturated rings. The van der Waals surface area contributed by atoms with E-state index in [0.717, 1.165) is 54.4 Å². The van der Waals surface area contributed by atoms with Crippen LogP contribution >= 0.6 is 11.6 Å². The second-order valence-corrected chi connectivity index (χ2v) is 13.1. The maximum atomic E-state index is 15.5. The first-order valence-electron chi connectivity index (χ1n) is 16.0. The van der Waals surface area contributed by atoms with Gasteiger partial charge in [-0.25, -0.2) is 18.0 Å². The van der Waals surface area contributed by atoms with Crippen LogP contribution in [0.2, 0.25) is 5.02 Å². The maximum absolute atomic E-state index is 15.5. The second kappa shape index (κ2) is 13.6. The number of benzene rings is 2. The fraction of sp³-hybridized carbons (Fsp3) is 0.441. The lowest BCUT2D eigenvalue weighted by atomic mass is 9.91. The molecule has 46 heavy (non-hydrogen) atoms. The molecule has 0 unspecified atom stereocenters. The number of hydrogen-bond acceptors (Lipinski definition) is 5. The Morgan fingerprint density at radius 3 is 2.63 bits per heavy atom. The van der Waals surface area contributed by atoms with Gasteiger partial charge in [-0.3, -0.25) is 9.98 Å². The molecule has 2 aliphatic rings. The van der Waals surface area contributed by atoms with E-state index in [9.17, 15) is 4.79 Å². The number of nitrogens with zero attached hydrogens (tertiary/aromatic N) is 2. The summed E-state index contributed by atoms with van der Waals surface area (Å²) in [5, 5.41) is 14.3. The monoisotopic (exact) mass is 653 g/mol. The molecule has 0 radical (unpaired) electrons. The van der Waals surface area contributed by atoms with Crippen LogP contribution in [0, 0.1) is 28.8 Å². The van der Waals surface area contributed by atoms with Crippen LogP contribution in [-0.4, -0.2) is 39.0 Å². The van der Waals surface area contributed by atoms with E-state index in [1.54, 1.807) is 25.1 Å². The first kappa shape index (κ1) is 32.3. The van der Waals surface area contributed by atoms with E-state index in [4.69, 9.17) is 22.7 Å². The number of aryl methyl sites for hydroxylation is 1. The fourth-order valence-electron chi connectivity index (χ4n) is 6.56. The summed E-state index contributed by atoms with van der Waals surface area (Å²) in [7, 11) is 0. The van der Waals surface area contributed by atoms with Gasteiger partial charge < -0.3 is 21.4 Å². The molecule has 1 aliphatic heterocycles. The van der Waals surface area contributed by atoms with Crippen LogP contribution in [0.5, 0.6) is 0 Å². The summed E-state index contributed by atoms with van der Waals surface area (Å²) in [6.07, 6.45) is 9.26. The average molecular weight is 654 g/mol. The molecule has 6 rings (SSSR count). The Labute approximate surface area is 270 Å². The van der Waals surface area contributed by atoms with E-state index in [1.165, 1.54) is 19.0 Å². The smallest absolute Gasteiger partial charge is 0.354 e. The quantitative estimate of drug-likeness (QED) is 0.0914. The summed E-state index contributed by atoms with van der Waals surface area (Å²) < 4.78 is 47.3. The van der Waals surface area contributed by atoms with E-state index >= 15 is 13.2 Å². The van der Waals surface area contributed by atoms with Gasteiger partial charge in [0.25, 0.3) is 0 Å². The number of nitrogens with two attached hydrogens (primary N) is 1. The maximum Gasteiger partial charge on any atom is 0.354 e. The molecule has 1 saturated carbocycles. The van der Waals surface area contributed by atoms with Gasteiger partial charge in [-0.2, -0.15) is 4.98 Å². The van der Waals surface area contributed by atoms with Crippen molar-refractivity contribution >= 4 is 28.5 Å². The zero-order valence-corrected chi connectivity index (χ0v) is 26.5. The zero-order valence-electron chi connectivity index (χ0n) is 25.7. The van der Waals surface area contributed by atoms with Crippen molar-refractivity contribution in [2.24, 2.45) is 11.7 Å². The lowest BCUT2D eigenvalue weighted by Gasteiger charge is -2.32. The van der Waals surface area contributed by atoms with Crippen molar-refractivity contribution in [3.05, 3.63) is 80.6 Å². The zero-order chi connectivity index (χ0) is 32.5. The minimum absolute atomic E-state index is 0.000421. The number of piperidine rings is 1. The highest BCUT2D eigenvalue weighted by Crippen LogP contribution is 2.35. The Bertz CT molecular complexity index is 1800. The predicted octanol–water partition coefficient (Wildman–Crippen LogP) is 6.67. The molecule has 6 N–H and O–H groups in total. The lowest BCUT2D eigenvalue weighted by Crippen LogP contribution is -2.40. The first-order chi connectivity index (χ1) is 22.1. The molecule has 3 atom stereocenters. The van der Waals surface area contributed by atoms with Crippen molar-refractivity contribution in [1.82, 2.24) is 25.2 Å². The molecular weight excluding hydrogens is 615 g/mol. The molecule has 0 bridgehead atoms. The second-order valence-electron chi connectivity index (χ2n) is 12.7. The Hall–Kier alpha value is -3.67.